The molecule has 1 aromatic carbocycles. The fourth-order valence-corrected chi connectivity index (χ4v) is 4.65. The molecule has 0 saturated carbocycles. The lowest BCUT2D eigenvalue weighted by molar-refractivity contribution is 0.236. The van der Waals surface area contributed by atoms with Crippen molar-refractivity contribution < 1.29 is 13.5 Å². The van der Waals surface area contributed by atoms with Gasteiger partial charge in [0.05, 0.1) is 11.5 Å². The molecule has 18 heavy (non-hydrogen) atoms. The fourth-order valence-electron chi connectivity index (χ4n) is 1.56. The Kier molecular flexibility index (Phi) is 5.79. The maximum Gasteiger partial charge on any atom is 0.244 e. The quantitative estimate of drug-likeness (QED) is 0.826. The lowest BCUT2D eigenvalue weighted by Crippen LogP contribution is -2.39. The zero-order chi connectivity index (χ0) is 13.9. The summed E-state index contributed by atoms with van der Waals surface area (Å²) in [5.41, 5.74) is 0. The first-order valence-corrected chi connectivity index (χ1v) is 8.41. The van der Waals surface area contributed by atoms with Crippen molar-refractivity contribution in [2.75, 3.05) is 13.2 Å². The second kappa shape index (κ2) is 6.47. The van der Waals surface area contributed by atoms with E-state index in [-0.39, 0.29) is 24.1 Å². The first-order valence-electron chi connectivity index (χ1n) is 5.38. The van der Waals surface area contributed by atoms with Gasteiger partial charge in [-0.1, -0.05) is 15.9 Å². The smallest absolute Gasteiger partial charge is 0.244 e. The predicted molar refractivity (Wildman–Crippen MR) is 78.0 cm³/mol. The second-order valence-corrected chi connectivity index (χ2v) is 7.64. The van der Waals surface area contributed by atoms with Crippen LogP contribution < -0.4 is 0 Å². The summed E-state index contributed by atoms with van der Waals surface area (Å²) in [5, 5.41) is 8.99. The van der Waals surface area contributed by atoms with Crippen LogP contribution in [-0.2, 0) is 10.0 Å². The highest BCUT2D eigenvalue weighted by Crippen LogP contribution is 2.28. The van der Waals surface area contributed by atoms with Gasteiger partial charge in [-0.25, -0.2) is 8.42 Å². The average Bonchev–Trinajstić information content (AvgIpc) is 2.28. The summed E-state index contributed by atoms with van der Waals surface area (Å²) in [6.07, 6.45) is 0. The Balaban J connectivity index is 3.30. The lowest BCUT2D eigenvalue weighted by atomic mass is 10.4. The molecule has 0 spiro atoms. The number of benzene rings is 1. The molecule has 0 radical (unpaired) electrons. The van der Waals surface area contributed by atoms with E-state index in [1.165, 1.54) is 4.31 Å². The van der Waals surface area contributed by atoms with Crippen LogP contribution in [0, 0.1) is 0 Å². The number of rotatable bonds is 5. The molecule has 1 aromatic rings. The summed E-state index contributed by atoms with van der Waals surface area (Å²) in [4.78, 5) is 0.194. The van der Waals surface area contributed by atoms with E-state index in [4.69, 9.17) is 5.11 Å². The fraction of sp³-hybridized carbons (Fsp3) is 0.455. The topological polar surface area (TPSA) is 57.6 Å². The summed E-state index contributed by atoms with van der Waals surface area (Å²) in [6, 6.07) is 4.77. The standard InChI is InChI=1S/C11H15Br2NO3S/c1-8(2)14(5-6-15)18(16,17)11-7-9(12)3-4-10(11)13/h3-4,7-8,15H,5-6H2,1-2H3. The van der Waals surface area contributed by atoms with Crippen LogP contribution in [0.3, 0.4) is 0 Å². The van der Waals surface area contributed by atoms with Crippen LogP contribution in [0.25, 0.3) is 0 Å². The minimum Gasteiger partial charge on any atom is -0.395 e. The summed E-state index contributed by atoms with van der Waals surface area (Å²) >= 11 is 6.51. The highest BCUT2D eigenvalue weighted by Gasteiger charge is 2.28. The molecule has 0 bridgehead atoms. The van der Waals surface area contributed by atoms with Gasteiger partial charge in [-0.2, -0.15) is 4.31 Å². The zero-order valence-corrected chi connectivity index (χ0v) is 14.1. The van der Waals surface area contributed by atoms with Crippen LogP contribution in [0.15, 0.2) is 32.0 Å². The van der Waals surface area contributed by atoms with Crippen molar-refractivity contribution in [3.05, 3.63) is 27.1 Å². The van der Waals surface area contributed by atoms with Gasteiger partial charge in [-0.05, 0) is 48.0 Å². The van der Waals surface area contributed by atoms with E-state index in [1.54, 1.807) is 32.0 Å². The molecule has 0 heterocycles. The second-order valence-electron chi connectivity index (χ2n) is 4.01. The van der Waals surface area contributed by atoms with Gasteiger partial charge in [-0.15, -0.1) is 0 Å². The summed E-state index contributed by atoms with van der Waals surface area (Å²) < 4.78 is 27.5. The van der Waals surface area contributed by atoms with E-state index in [0.717, 1.165) is 0 Å². The molecule has 0 amide bonds. The summed E-state index contributed by atoms with van der Waals surface area (Å²) in [7, 11) is -3.62. The average molecular weight is 401 g/mol. The Morgan fingerprint density at radius 2 is 1.94 bits per heavy atom. The highest BCUT2D eigenvalue weighted by molar-refractivity contribution is 9.11. The van der Waals surface area contributed by atoms with E-state index in [9.17, 15) is 8.42 Å². The summed E-state index contributed by atoms with van der Waals surface area (Å²) in [6.45, 7) is 3.43. The molecule has 0 aromatic heterocycles. The molecule has 0 aliphatic rings. The van der Waals surface area contributed by atoms with Crippen LogP contribution in [0.2, 0.25) is 0 Å². The monoisotopic (exact) mass is 399 g/mol. The number of aliphatic hydroxyl groups is 1. The van der Waals surface area contributed by atoms with E-state index in [1.807, 2.05) is 0 Å². The molecular formula is C11H15Br2NO3S. The molecular weight excluding hydrogens is 386 g/mol. The third kappa shape index (κ3) is 3.54. The van der Waals surface area contributed by atoms with Gasteiger partial charge in [0.15, 0.2) is 0 Å². The van der Waals surface area contributed by atoms with Crippen molar-refractivity contribution in [3.63, 3.8) is 0 Å². The number of nitrogens with zero attached hydrogens (tertiary/aromatic N) is 1. The van der Waals surface area contributed by atoms with E-state index in [0.29, 0.717) is 8.95 Å². The number of sulfonamides is 1. The molecule has 0 atom stereocenters. The van der Waals surface area contributed by atoms with Gasteiger partial charge in [0.1, 0.15) is 0 Å². The Bertz CT molecular complexity index is 517. The van der Waals surface area contributed by atoms with Crippen molar-refractivity contribution in [2.24, 2.45) is 0 Å². The van der Waals surface area contributed by atoms with Crippen molar-refractivity contribution in [2.45, 2.75) is 24.8 Å². The van der Waals surface area contributed by atoms with Crippen LogP contribution in [0.5, 0.6) is 0 Å². The molecule has 102 valence electrons. The highest BCUT2D eigenvalue weighted by atomic mass is 79.9. The molecule has 0 aliphatic carbocycles. The SMILES string of the molecule is CC(C)N(CCO)S(=O)(=O)c1cc(Br)ccc1Br. The molecule has 0 unspecified atom stereocenters. The van der Waals surface area contributed by atoms with Crippen LogP contribution in [0.4, 0.5) is 0 Å². The molecule has 7 heteroatoms. The number of halogens is 2. The number of aliphatic hydroxyl groups excluding tert-OH is 1. The molecule has 0 saturated heterocycles. The Hall–Kier alpha value is 0.0500. The zero-order valence-electron chi connectivity index (χ0n) is 10.1. The van der Waals surface area contributed by atoms with E-state index in [2.05, 4.69) is 31.9 Å². The molecule has 1 rings (SSSR count). The number of hydrogen-bond donors (Lipinski definition) is 1. The maximum absolute atomic E-state index is 12.5. The van der Waals surface area contributed by atoms with Crippen molar-refractivity contribution >= 4 is 41.9 Å². The Labute approximate surface area is 124 Å². The van der Waals surface area contributed by atoms with Gasteiger partial charge < -0.3 is 5.11 Å². The molecule has 0 aliphatic heterocycles. The van der Waals surface area contributed by atoms with Crippen LogP contribution >= 0.6 is 31.9 Å². The Morgan fingerprint density at radius 1 is 1.33 bits per heavy atom. The van der Waals surface area contributed by atoms with Crippen molar-refractivity contribution in [3.8, 4) is 0 Å². The molecule has 1 N–H and O–H groups in total. The minimum atomic E-state index is -3.62. The van der Waals surface area contributed by atoms with Crippen LogP contribution in [-0.4, -0.2) is 37.0 Å². The molecule has 4 nitrogen and oxygen atoms in total. The van der Waals surface area contributed by atoms with Gasteiger partial charge >= 0.3 is 0 Å². The minimum absolute atomic E-state index is 0.0823. The Morgan fingerprint density at radius 3 is 2.44 bits per heavy atom. The summed E-state index contributed by atoms with van der Waals surface area (Å²) in [5.74, 6) is 0. The van der Waals surface area contributed by atoms with Gasteiger partial charge in [0.2, 0.25) is 10.0 Å². The van der Waals surface area contributed by atoms with Gasteiger partial charge in [-0.3, -0.25) is 0 Å². The van der Waals surface area contributed by atoms with Crippen LogP contribution in [0.1, 0.15) is 13.8 Å². The normalized spacial score (nSPS) is 12.4. The van der Waals surface area contributed by atoms with E-state index < -0.39 is 10.0 Å². The number of hydrogen-bond acceptors (Lipinski definition) is 3. The largest absolute Gasteiger partial charge is 0.395 e. The first kappa shape index (κ1) is 16.1. The first-order chi connectivity index (χ1) is 8.30. The third-order valence-electron chi connectivity index (χ3n) is 2.38. The van der Waals surface area contributed by atoms with Gasteiger partial charge in [0.25, 0.3) is 0 Å². The predicted octanol–water partition coefficient (Wildman–Crippen LogP) is 2.60. The lowest BCUT2D eigenvalue weighted by Gasteiger charge is -2.25. The van der Waals surface area contributed by atoms with E-state index >= 15 is 0 Å². The van der Waals surface area contributed by atoms with Crippen molar-refractivity contribution in [1.29, 1.82) is 0 Å². The van der Waals surface area contributed by atoms with Crippen molar-refractivity contribution in [1.82, 2.24) is 4.31 Å². The third-order valence-corrected chi connectivity index (χ3v) is 5.94. The molecule has 0 fully saturated rings. The maximum atomic E-state index is 12.5. The van der Waals surface area contributed by atoms with Gasteiger partial charge in [0, 0.05) is 21.5 Å².